The van der Waals surface area contributed by atoms with Gasteiger partial charge in [0.25, 0.3) is 11.8 Å². The lowest BCUT2D eigenvalue weighted by molar-refractivity contribution is 0.0984. The van der Waals surface area contributed by atoms with Gasteiger partial charge in [0.2, 0.25) is 0 Å². The molecule has 5 heteroatoms. The predicted octanol–water partition coefficient (Wildman–Crippen LogP) is 6.52. The van der Waals surface area contributed by atoms with Gasteiger partial charge in [-0.1, -0.05) is 54.1 Å². The zero-order valence-electron chi connectivity index (χ0n) is 20.5. The van der Waals surface area contributed by atoms with Gasteiger partial charge in [-0.25, -0.2) is 0 Å². The lowest BCUT2D eigenvalue weighted by Crippen LogP contribution is -2.35. The first kappa shape index (κ1) is 23.4. The number of hydrogen-bond donors (Lipinski definition) is 1. The van der Waals surface area contributed by atoms with Gasteiger partial charge in [0.1, 0.15) is 5.75 Å². The maximum Gasteiger partial charge on any atom is 0.258 e. The van der Waals surface area contributed by atoms with Crippen LogP contribution in [0.15, 0.2) is 91.0 Å². The van der Waals surface area contributed by atoms with E-state index in [2.05, 4.69) is 11.4 Å². The first-order valence-corrected chi connectivity index (χ1v) is 12.1. The second kappa shape index (κ2) is 10.1. The number of aryl methyl sites for hydroxylation is 2. The average Bonchev–Trinajstić information content (AvgIpc) is 2.92. The van der Waals surface area contributed by atoms with Gasteiger partial charge in [0, 0.05) is 29.0 Å². The molecule has 4 aromatic rings. The maximum atomic E-state index is 13.3. The van der Waals surface area contributed by atoms with E-state index in [0.29, 0.717) is 29.1 Å². The third kappa shape index (κ3) is 4.60. The largest absolute Gasteiger partial charge is 0.496 e. The van der Waals surface area contributed by atoms with Crippen molar-refractivity contribution in [1.29, 1.82) is 0 Å². The SMILES string of the molecule is COc1cccc(C(=O)Nc2ccc(C(=O)N3CCCc4ccccc43)cc2)c1-c1ccc(C)cc1. The van der Waals surface area contributed by atoms with E-state index in [-0.39, 0.29) is 11.8 Å². The molecule has 0 saturated heterocycles. The Labute approximate surface area is 211 Å². The number of anilines is 2. The summed E-state index contributed by atoms with van der Waals surface area (Å²) in [4.78, 5) is 28.4. The number of carbonyl (C=O) groups is 2. The molecule has 0 radical (unpaired) electrons. The van der Waals surface area contributed by atoms with Crippen molar-refractivity contribution < 1.29 is 14.3 Å². The van der Waals surface area contributed by atoms with E-state index >= 15 is 0 Å². The molecule has 4 aromatic carbocycles. The number of carbonyl (C=O) groups excluding carboxylic acids is 2. The van der Waals surface area contributed by atoms with Gasteiger partial charge in [0.15, 0.2) is 0 Å². The molecule has 0 aromatic heterocycles. The molecule has 1 N–H and O–H groups in total. The van der Waals surface area contributed by atoms with E-state index in [1.807, 2.05) is 66.4 Å². The molecule has 0 bridgehead atoms. The summed E-state index contributed by atoms with van der Waals surface area (Å²) in [5, 5.41) is 2.97. The minimum absolute atomic E-state index is 0.0329. The number of amides is 2. The smallest absolute Gasteiger partial charge is 0.258 e. The number of nitrogens with zero attached hydrogens (tertiary/aromatic N) is 1. The van der Waals surface area contributed by atoms with Crippen LogP contribution in [0.2, 0.25) is 0 Å². The molecule has 5 rings (SSSR count). The maximum absolute atomic E-state index is 13.3. The van der Waals surface area contributed by atoms with Gasteiger partial charge in [0.05, 0.1) is 12.7 Å². The Bertz CT molecular complexity index is 1410. The minimum Gasteiger partial charge on any atom is -0.496 e. The molecule has 0 unspecified atom stereocenters. The van der Waals surface area contributed by atoms with Crippen LogP contribution in [0.4, 0.5) is 11.4 Å². The molecule has 36 heavy (non-hydrogen) atoms. The van der Waals surface area contributed by atoms with E-state index in [1.54, 1.807) is 37.4 Å². The second-order valence-electron chi connectivity index (χ2n) is 8.97. The van der Waals surface area contributed by atoms with E-state index in [1.165, 1.54) is 5.56 Å². The topological polar surface area (TPSA) is 58.6 Å². The first-order valence-electron chi connectivity index (χ1n) is 12.1. The number of ether oxygens (including phenoxy) is 1. The summed E-state index contributed by atoms with van der Waals surface area (Å²) < 4.78 is 5.57. The fraction of sp³-hybridized carbons (Fsp3) is 0.161. The highest BCUT2D eigenvalue weighted by molar-refractivity contribution is 6.10. The van der Waals surface area contributed by atoms with Gasteiger partial charge >= 0.3 is 0 Å². The minimum atomic E-state index is -0.242. The highest BCUT2D eigenvalue weighted by Crippen LogP contribution is 2.34. The lowest BCUT2D eigenvalue weighted by Gasteiger charge is -2.29. The van der Waals surface area contributed by atoms with Crippen LogP contribution in [0.5, 0.6) is 5.75 Å². The highest BCUT2D eigenvalue weighted by atomic mass is 16.5. The molecule has 0 fully saturated rings. The summed E-state index contributed by atoms with van der Waals surface area (Å²) in [7, 11) is 1.60. The van der Waals surface area contributed by atoms with Crippen molar-refractivity contribution in [2.24, 2.45) is 0 Å². The van der Waals surface area contributed by atoms with E-state index < -0.39 is 0 Å². The number of fused-ring (bicyclic) bond motifs is 1. The van der Waals surface area contributed by atoms with Gasteiger partial charge in [-0.05, 0) is 73.4 Å². The van der Waals surface area contributed by atoms with E-state index in [0.717, 1.165) is 35.2 Å². The number of methoxy groups -OCH3 is 1. The Kier molecular flexibility index (Phi) is 6.54. The number of nitrogens with one attached hydrogen (secondary N) is 1. The average molecular weight is 477 g/mol. The molecule has 0 aliphatic carbocycles. The number of benzene rings is 4. The van der Waals surface area contributed by atoms with Gasteiger partial charge in [-0.3, -0.25) is 9.59 Å². The molecule has 2 amide bonds. The second-order valence-corrected chi connectivity index (χ2v) is 8.97. The van der Waals surface area contributed by atoms with Gasteiger partial charge in [-0.15, -0.1) is 0 Å². The monoisotopic (exact) mass is 476 g/mol. The van der Waals surface area contributed by atoms with Crippen LogP contribution < -0.4 is 15.0 Å². The number of para-hydroxylation sites is 1. The highest BCUT2D eigenvalue weighted by Gasteiger charge is 2.23. The molecule has 5 nitrogen and oxygen atoms in total. The van der Waals surface area contributed by atoms with Gasteiger partial charge in [-0.2, -0.15) is 0 Å². The molecule has 1 heterocycles. The Morgan fingerprint density at radius 3 is 2.36 bits per heavy atom. The van der Waals surface area contributed by atoms with Crippen LogP contribution in [0.3, 0.4) is 0 Å². The molecular weight excluding hydrogens is 448 g/mol. The van der Waals surface area contributed by atoms with Crippen molar-refractivity contribution in [3.8, 4) is 16.9 Å². The van der Waals surface area contributed by atoms with Crippen molar-refractivity contribution >= 4 is 23.2 Å². The van der Waals surface area contributed by atoms with Crippen LogP contribution in [-0.2, 0) is 6.42 Å². The van der Waals surface area contributed by atoms with Crippen LogP contribution in [0, 0.1) is 6.92 Å². The fourth-order valence-corrected chi connectivity index (χ4v) is 4.70. The summed E-state index contributed by atoms with van der Waals surface area (Å²) in [5.74, 6) is 0.359. The Hall–Kier alpha value is -4.38. The fourth-order valence-electron chi connectivity index (χ4n) is 4.70. The zero-order valence-corrected chi connectivity index (χ0v) is 20.5. The Balaban J connectivity index is 1.37. The molecule has 0 spiro atoms. The van der Waals surface area contributed by atoms with Crippen LogP contribution in [0.25, 0.3) is 11.1 Å². The van der Waals surface area contributed by atoms with Gasteiger partial charge < -0.3 is 15.0 Å². The summed E-state index contributed by atoms with van der Waals surface area (Å²) in [6.07, 6.45) is 1.93. The predicted molar refractivity (Wildman–Crippen MR) is 144 cm³/mol. The quantitative estimate of drug-likeness (QED) is 0.357. The van der Waals surface area contributed by atoms with Crippen molar-refractivity contribution in [3.05, 3.63) is 113 Å². The zero-order chi connectivity index (χ0) is 25.1. The van der Waals surface area contributed by atoms with Crippen molar-refractivity contribution in [1.82, 2.24) is 0 Å². The molecule has 0 atom stereocenters. The third-order valence-corrected chi connectivity index (χ3v) is 6.58. The van der Waals surface area contributed by atoms with Crippen LogP contribution >= 0.6 is 0 Å². The third-order valence-electron chi connectivity index (χ3n) is 6.58. The Morgan fingerprint density at radius 1 is 0.861 bits per heavy atom. The van der Waals surface area contributed by atoms with Crippen molar-refractivity contribution in [2.45, 2.75) is 19.8 Å². The summed E-state index contributed by atoms with van der Waals surface area (Å²) in [5.41, 5.74) is 6.70. The normalized spacial score (nSPS) is 12.6. The number of hydrogen-bond acceptors (Lipinski definition) is 3. The summed E-state index contributed by atoms with van der Waals surface area (Å²) in [6.45, 7) is 2.73. The van der Waals surface area contributed by atoms with Crippen molar-refractivity contribution in [2.75, 3.05) is 23.9 Å². The van der Waals surface area contributed by atoms with Crippen LogP contribution in [0.1, 0.15) is 38.3 Å². The summed E-state index contributed by atoms with van der Waals surface area (Å²) >= 11 is 0. The summed E-state index contributed by atoms with van der Waals surface area (Å²) in [6, 6.07) is 28.6. The lowest BCUT2D eigenvalue weighted by atomic mass is 9.97. The Morgan fingerprint density at radius 2 is 1.61 bits per heavy atom. The number of rotatable bonds is 5. The molecule has 180 valence electrons. The van der Waals surface area contributed by atoms with E-state index in [4.69, 9.17) is 4.74 Å². The van der Waals surface area contributed by atoms with Crippen LogP contribution in [-0.4, -0.2) is 25.5 Å². The van der Waals surface area contributed by atoms with E-state index in [9.17, 15) is 9.59 Å². The first-order chi connectivity index (χ1) is 17.5. The molecular formula is C31H28N2O3. The molecule has 1 aliphatic heterocycles. The molecule has 0 saturated carbocycles. The molecule has 1 aliphatic rings. The standard InChI is InChI=1S/C31H28N2O3/c1-21-12-14-23(15-13-21)29-26(9-5-11-28(29)36-2)30(34)32-25-18-16-24(17-19-25)31(35)33-20-6-8-22-7-3-4-10-27(22)33/h3-5,7,9-19H,6,8,20H2,1-2H3,(H,32,34). The van der Waals surface area contributed by atoms with Crippen molar-refractivity contribution in [3.63, 3.8) is 0 Å².